The molecule has 2 aromatic carbocycles. The maximum Gasteiger partial charge on any atom is 0.417 e. The summed E-state index contributed by atoms with van der Waals surface area (Å²) in [4.78, 5) is 9.96. The Hall–Kier alpha value is -2.78. The van der Waals surface area contributed by atoms with E-state index in [1.54, 1.807) is 4.57 Å². The molecule has 0 unspecified atom stereocenters. The first-order valence-corrected chi connectivity index (χ1v) is 11.6. The molecule has 3 aromatic rings. The summed E-state index contributed by atoms with van der Waals surface area (Å²) in [7, 11) is -4.60. The molecule has 0 saturated heterocycles. The number of nitrogens with zero attached hydrogens (tertiary/aromatic N) is 1. The highest BCUT2D eigenvalue weighted by atomic mass is 35.5. The van der Waals surface area contributed by atoms with E-state index >= 15 is 0 Å². The highest BCUT2D eigenvalue weighted by molar-refractivity contribution is 7.91. The SMILES string of the molecule is O=C(O)c1ccc(-n2cc(S(=O)(=O)c3c(Cl)cccc3C(F)(F)F)c3c2CCCC3)cc1. The van der Waals surface area contributed by atoms with Crippen molar-refractivity contribution in [3.63, 3.8) is 0 Å². The third-order valence-electron chi connectivity index (χ3n) is 5.50. The normalized spacial score (nSPS) is 14.2. The lowest BCUT2D eigenvalue weighted by Gasteiger charge is -2.17. The van der Waals surface area contributed by atoms with Gasteiger partial charge in [-0.15, -0.1) is 0 Å². The molecule has 1 heterocycles. The van der Waals surface area contributed by atoms with Gasteiger partial charge in [-0.05, 0) is 67.6 Å². The van der Waals surface area contributed by atoms with E-state index in [9.17, 15) is 26.4 Å². The van der Waals surface area contributed by atoms with Crippen molar-refractivity contribution >= 4 is 27.4 Å². The van der Waals surface area contributed by atoms with Crippen molar-refractivity contribution in [2.45, 2.75) is 41.7 Å². The number of halogens is 4. The molecular weight excluding hydrogens is 467 g/mol. The predicted octanol–water partition coefficient (Wildman–Crippen LogP) is 5.56. The fraction of sp³-hybridized carbons (Fsp3) is 0.227. The van der Waals surface area contributed by atoms with Gasteiger partial charge >= 0.3 is 12.1 Å². The van der Waals surface area contributed by atoms with E-state index in [0.717, 1.165) is 18.6 Å². The van der Waals surface area contributed by atoms with Gasteiger partial charge in [0.15, 0.2) is 0 Å². The summed E-state index contributed by atoms with van der Waals surface area (Å²) in [5, 5.41) is 8.61. The number of hydrogen-bond donors (Lipinski definition) is 1. The number of carboxylic acids is 1. The highest BCUT2D eigenvalue weighted by Gasteiger charge is 2.40. The fourth-order valence-corrected chi connectivity index (χ4v) is 6.32. The maximum absolute atomic E-state index is 13.6. The van der Waals surface area contributed by atoms with Crippen LogP contribution in [0.5, 0.6) is 0 Å². The Kier molecular flexibility index (Phi) is 5.58. The Morgan fingerprint density at radius 2 is 1.69 bits per heavy atom. The first-order valence-electron chi connectivity index (χ1n) is 9.69. The van der Waals surface area contributed by atoms with Crippen molar-refractivity contribution in [2.24, 2.45) is 0 Å². The number of hydrogen-bond acceptors (Lipinski definition) is 3. The molecule has 1 aromatic heterocycles. The van der Waals surface area contributed by atoms with Crippen molar-refractivity contribution in [1.82, 2.24) is 4.57 Å². The minimum absolute atomic E-state index is 0.0634. The van der Waals surface area contributed by atoms with Crippen molar-refractivity contribution in [2.75, 3.05) is 0 Å². The van der Waals surface area contributed by atoms with E-state index in [1.165, 1.54) is 30.5 Å². The Bertz CT molecular complexity index is 1310. The zero-order valence-corrected chi connectivity index (χ0v) is 18.1. The molecule has 0 atom stereocenters. The van der Waals surface area contributed by atoms with Crippen LogP contribution in [0.1, 0.15) is 40.0 Å². The molecule has 168 valence electrons. The van der Waals surface area contributed by atoms with Crippen LogP contribution >= 0.6 is 11.6 Å². The third kappa shape index (κ3) is 3.80. The monoisotopic (exact) mass is 483 g/mol. The lowest BCUT2D eigenvalue weighted by atomic mass is 9.98. The van der Waals surface area contributed by atoms with Crippen LogP contribution in [0.2, 0.25) is 5.02 Å². The number of aromatic carboxylic acids is 1. The second-order valence-electron chi connectivity index (χ2n) is 7.47. The van der Waals surface area contributed by atoms with Gasteiger partial charge in [0.25, 0.3) is 0 Å². The lowest BCUT2D eigenvalue weighted by Crippen LogP contribution is -2.15. The van der Waals surface area contributed by atoms with Crippen molar-refractivity contribution in [1.29, 1.82) is 0 Å². The number of sulfone groups is 1. The number of alkyl halides is 3. The van der Waals surface area contributed by atoms with Gasteiger partial charge in [-0.1, -0.05) is 17.7 Å². The van der Waals surface area contributed by atoms with Gasteiger partial charge in [0.1, 0.15) is 4.90 Å². The second-order valence-corrected chi connectivity index (χ2v) is 9.73. The van der Waals surface area contributed by atoms with Gasteiger partial charge in [-0.2, -0.15) is 13.2 Å². The van der Waals surface area contributed by atoms with E-state index in [1.807, 2.05) is 0 Å². The molecule has 1 N–H and O–H groups in total. The van der Waals surface area contributed by atoms with Crippen LogP contribution in [-0.4, -0.2) is 24.1 Å². The standard InChI is InChI=1S/C22H17ClF3NO4S/c23-17-6-3-5-16(22(24,25)26)20(17)32(30,31)19-12-27(18-7-2-1-4-15(18)19)14-10-8-13(9-11-14)21(28)29/h3,5-6,8-12H,1-2,4,7H2,(H,28,29). The summed E-state index contributed by atoms with van der Waals surface area (Å²) in [6, 6.07) is 8.73. The van der Waals surface area contributed by atoms with Gasteiger partial charge in [0.05, 0.1) is 21.0 Å². The molecule has 32 heavy (non-hydrogen) atoms. The van der Waals surface area contributed by atoms with E-state index < -0.39 is 37.5 Å². The number of benzene rings is 2. The first-order chi connectivity index (χ1) is 15.0. The lowest BCUT2D eigenvalue weighted by molar-refractivity contribution is -0.139. The van der Waals surface area contributed by atoms with Crippen LogP contribution in [-0.2, 0) is 28.9 Å². The average Bonchev–Trinajstić information content (AvgIpc) is 3.13. The largest absolute Gasteiger partial charge is 0.478 e. The van der Waals surface area contributed by atoms with Crippen LogP contribution in [0, 0.1) is 0 Å². The summed E-state index contributed by atoms with van der Waals surface area (Å²) in [5.41, 5.74) is 0.413. The minimum atomic E-state index is -4.90. The van der Waals surface area contributed by atoms with Crippen molar-refractivity contribution < 1.29 is 31.5 Å². The third-order valence-corrected chi connectivity index (χ3v) is 7.83. The number of fused-ring (bicyclic) bond motifs is 1. The molecule has 0 aliphatic heterocycles. The summed E-state index contributed by atoms with van der Waals surface area (Å²) in [6.07, 6.45) is -1.15. The van der Waals surface area contributed by atoms with Crippen LogP contribution in [0.3, 0.4) is 0 Å². The topological polar surface area (TPSA) is 76.4 Å². The maximum atomic E-state index is 13.6. The van der Waals surface area contributed by atoms with Gasteiger partial charge < -0.3 is 9.67 Å². The van der Waals surface area contributed by atoms with Gasteiger partial charge in [0.2, 0.25) is 9.84 Å². The van der Waals surface area contributed by atoms with Crippen molar-refractivity contribution in [3.8, 4) is 5.69 Å². The summed E-state index contributed by atoms with van der Waals surface area (Å²) in [5.74, 6) is -1.10. The van der Waals surface area contributed by atoms with E-state index in [4.69, 9.17) is 16.7 Å². The van der Waals surface area contributed by atoms with E-state index in [0.29, 0.717) is 42.3 Å². The molecule has 0 fully saturated rings. The molecule has 1 aliphatic rings. The Labute approximate surface area is 187 Å². The second kappa shape index (κ2) is 7.97. The van der Waals surface area contributed by atoms with E-state index in [2.05, 4.69) is 0 Å². The van der Waals surface area contributed by atoms with Crippen LogP contribution < -0.4 is 0 Å². The highest BCUT2D eigenvalue weighted by Crippen LogP contribution is 2.42. The molecule has 0 radical (unpaired) electrons. The number of carbonyl (C=O) groups is 1. The molecule has 10 heteroatoms. The minimum Gasteiger partial charge on any atom is -0.478 e. The Morgan fingerprint density at radius 1 is 1.03 bits per heavy atom. The van der Waals surface area contributed by atoms with Crippen LogP contribution in [0.4, 0.5) is 13.2 Å². The summed E-state index contributed by atoms with van der Waals surface area (Å²) in [6.45, 7) is 0. The number of aromatic nitrogens is 1. The molecular formula is C22H17ClF3NO4S. The molecule has 0 spiro atoms. The van der Waals surface area contributed by atoms with E-state index in [-0.39, 0.29) is 10.5 Å². The predicted molar refractivity (Wildman–Crippen MR) is 111 cm³/mol. The Morgan fingerprint density at radius 3 is 2.31 bits per heavy atom. The van der Waals surface area contributed by atoms with Gasteiger partial charge in [0, 0.05) is 17.6 Å². The smallest absolute Gasteiger partial charge is 0.417 e. The molecule has 0 saturated carbocycles. The first kappa shape index (κ1) is 22.4. The molecule has 5 nitrogen and oxygen atoms in total. The fourth-order valence-electron chi connectivity index (χ4n) is 4.04. The van der Waals surface area contributed by atoms with Crippen LogP contribution in [0.25, 0.3) is 5.69 Å². The Balaban J connectivity index is 1.93. The number of rotatable bonds is 4. The summed E-state index contributed by atoms with van der Waals surface area (Å²) < 4.78 is 69.5. The zero-order valence-electron chi connectivity index (χ0n) is 16.5. The molecule has 0 amide bonds. The van der Waals surface area contributed by atoms with Crippen LogP contribution in [0.15, 0.2) is 58.5 Å². The van der Waals surface area contributed by atoms with Gasteiger partial charge in [-0.25, -0.2) is 13.2 Å². The quantitative estimate of drug-likeness (QED) is 0.527. The molecule has 0 bridgehead atoms. The molecule has 4 rings (SSSR count). The van der Waals surface area contributed by atoms with Crippen molar-refractivity contribution in [3.05, 3.63) is 76.1 Å². The average molecular weight is 484 g/mol. The zero-order chi connectivity index (χ0) is 23.3. The summed E-state index contributed by atoms with van der Waals surface area (Å²) >= 11 is 5.98. The number of carboxylic acid groups (broad SMARTS) is 1. The van der Waals surface area contributed by atoms with Gasteiger partial charge in [-0.3, -0.25) is 0 Å². The molecule has 1 aliphatic carbocycles.